The van der Waals surface area contributed by atoms with Gasteiger partial charge in [-0.2, -0.15) is 0 Å². The van der Waals surface area contributed by atoms with Gasteiger partial charge in [-0.05, 0) is 0 Å². The highest BCUT2D eigenvalue weighted by Gasteiger charge is 2.01. The van der Waals surface area contributed by atoms with Crippen molar-refractivity contribution < 1.29 is 4.79 Å². The summed E-state index contributed by atoms with van der Waals surface area (Å²) in [5.41, 5.74) is 0. The van der Waals surface area contributed by atoms with E-state index < -0.39 is 0 Å². The quantitative estimate of drug-likeness (QED) is 0.401. The molecule has 3 heteroatoms. The smallest absolute Gasteiger partial charge is 0.215 e. The molecule has 0 N–H and O–H groups in total. The summed E-state index contributed by atoms with van der Waals surface area (Å²) >= 11 is 0. The highest BCUT2D eigenvalue weighted by atomic mass is 16.1. The Kier molecular flexibility index (Phi) is 1.06. The molecule has 37 valence electrons. The van der Waals surface area contributed by atoms with Crippen LogP contribution in [0.2, 0.25) is 0 Å². The average molecular weight is 97.1 g/mol. The first-order valence-corrected chi connectivity index (χ1v) is 2.07. The van der Waals surface area contributed by atoms with E-state index in [0.717, 1.165) is 6.41 Å². The SMILES string of the molecule is O=CN1[C]=NCC1. The number of amides is 1. The topological polar surface area (TPSA) is 32.7 Å². The Morgan fingerprint density at radius 3 is 3.00 bits per heavy atom. The number of aliphatic imine (C=N–C) groups is 1. The molecule has 0 fully saturated rings. The average Bonchev–Trinajstić information content (AvgIpc) is 2.14. The highest BCUT2D eigenvalue weighted by Crippen LogP contribution is 1.85. The summed E-state index contributed by atoms with van der Waals surface area (Å²) in [6.45, 7) is 1.40. The van der Waals surface area contributed by atoms with Gasteiger partial charge in [0.2, 0.25) is 6.41 Å². The van der Waals surface area contributed by atoms with Crippen molar-refractivity contribution in [3.8, 4) is 0 Å². The molecule has 0 saturated carbocycles. The van der Waals surface area contributed by atoms with Crippen LogP contribution in [0.3, 0.4) is 0 Å². The summed E-state index contributed by atoms with van der Waals surface area (Å²) < 4.78 is 0. The van der Waals surface area contributed by atoms with Crippen molar-refractivity contribution in [2.45, 2.75) is 0 Å². The second-order valence-corrected chi connectivity index (χ2v) is 1.28. The van der Waals surface area contributed by atoms with E-state index >= 15 is 0 Å². The molecule has 0 bridgehead atoms. The minimum absolute atomic E-state index is 0.698. The predicted octanol–water partition coefficient (Wildman–Crippen LogP) is -0.636. The van der Waals surface area contributed by atoms with E-state index in [-0.39, 0.29) is 0 Å². The van der Waals surface area contributed by atoms with E-state index in [1.54, 1.807) is 0 Å². The summed E-state index contributed by atoms with van der Waals surface area (Å²) in [6, 6.07) is 0. The molecular formula is C4H5N2O. The number of carbonyl (C=O) groups is 1. The second-order valence-electron chi connectivity index (χ2n) is 1.28. The maximum absolute atomic E-state index is 9.81. The number of rotatable bonds is 1. The Morgan fingerprint density at radius 2 is 2.71 bits per heavy atom. The van der Waals surface area contributed by atoms with Gasteiger partial charge in [-0.3, -0.25) is 14.7 Å². The van der Waals surface area contributed by atoms with E-state index in [4.69, 9.17) is 0 Å². The van der Waals surface area contributed by atoms with Crippen molar-refractivity contribution in [1.29, 1.82) is 0 Å². The summed E-state index contributed by atoms with van der Waals surface area (Å²) in [4.78, 5) is 14.9. The van der Waals surface area contributed by atoms with Gasteiger partial charge in [-0.25, -0.2) is 0 Å². The molecule has 0 aromatic heterocycles. The van der Waals surface area contributed by atoms with Crippen molar-refractivity contribution in [3.05, 3.63) is 0 Å². The van der Waals surface area contributed by atoms with Gasteiger partial charge in [-0.15, -0.1) is 0 Å². The zero-order valence-corrected chi connectivity index (χ0v) is 3.79. The standard InChI is InChI=1S/C4H5N2O/c7-4-6-2-1-5-3-6/h4H,1-2H2. The number of nitrogens with zero attached hydrogens (tertiary/aromatic N) is 2. The number of carbonyl (C=O) groups excluding carboxylic acids is 1. The molecule has 1 amide bonds. The fourth-order valence-corrected chi connectivity index (χ4v) is 0.425. The van der Waals surface area contributed by atoms with Gasteiger partial charge >= 0.3 is 0 Å². The molecule has 0 aromatic carbocycles. The van der Waals surface area contributed by atoms with Gasteiger partial charge < -0.3 is 0 Å². The largest absolute Gasteiger partial charge is 0.295 e. The maximum atomic E-state index is 9.81. The Morgan fingerprint density at radius 1 is 1.86 bits per heavy atom. The maximum Gasteiger partial charge on any atom is 0.215 e. The van der Waals surface area contributed by atoms with Gasteiger partial charge in [0.15, 0.2) is 6.34 Å². The third-order valence-electron chi connectivity index (χ3n) is 0.779. The molecule has 0 atom stereocenters. The van der Waals surface area contributed by atoms with Gasteiger partial charge in [0.05, 0.1) is 6.54 Å². The lowest BCUT2D eigenvalue weighted by atomic mass is 10.6. The van der Waals surface area contributed by atoms with Crippen molar-refractivity contribution in [1.82, 2.24) is 4.90 Å². The zero-order chi connectivity index (χ0) is 5.11. The summed E-state index contributed by atoms with van der Waals surface area (Å²) in [7, 11) is 0. The van der Waals surface area contributed by atoms with Gasteiger partial charge in [0.1, 0.15) is 0 Å². The van der Waals surface area contributed by atoms with E-state index in [2.05, 4.69) is 11.3 Å². The molecule has 1 aliphatic rings. The lowest BCUT2D eigenvalue weighted by Gasteiger charge is -1.96. The minimum Gasteiger partial charge on any atom is -0.295 e. The molecule has 0 spiro atoms. The summed E-state index contributed by atoms with van der Waals surface area (Å²) in [5, 5.41) is 0. The van der Waals surface area contributed by atoms with Crippen LogP contribution in [0.5, 0.6) is 0 Å². The molecule has 1 radical (unpaired) electrons. The molecule has 0 aliphatic carbocycles. The lowest BCUT2D eigenvalue weighted by Crippen LogP contribution is -2.16. The fraction of sp³-hybridized carbons (Fsp3) is 0.500. The highest BCUT2D eigenvalue weighted by molar-refractivity contribution is 5.73. The molecule has 3 nitrogen and oxygen atoms in total. The Hall–Kier alpha value is -0.860. The van der Waals surface area contributed by atoms with Crippen LogP contribution >= 0.6 is 0 Å². The lowest BCUT2D eigenvalue weighted by molar-refractivity contribution is -0.114. The van der Waals surface area contributed by atoms with Crippen LogP contribution in [-0.4, -0.2) is 30.7 Å². The first-order chi connectivity index (χ1) is 3.43. The predicted molar refractivity (Wildman–Crippen MR) is 25.1 cm³/mol. The van der Waals surface area contributed by atoms with E-state index in [9.17, 15) is 4.79 Å². The van der Waals surface area contributed by atoms with Crippen molar-refractivity contribution in [2.75, 3.05) is 13.1 Å². The van der Waals surface area contributed by atoms with E-state index in [1.165, 1.54) is 4.90 Å². The third kappa shape index (κ3) is 0.765. The molecule has 1 heterocycles. The van der Waals surface area contributed by atoms with Crippen molar-refractivity contribution in [3.63, 3.8) is 0 Å². The normalized spacial score (nSPS) is 18.0. The van der Waals surface area contributed by atoms with Crippen LogP contribution in [0.1, 0.15) is 0 Å². The van der Waals surface area contributed by atoms with Crippen molar-refractivity contribution >= 4 is 12.7 Å². The minimum atomic E-state index is 0.698. The fourth-order valence-electron chi connectivity index (χ4n) is 0.425. The van der Waals surface area contributed by atoms with E-state index in [0.29, 0.717) is 13.1 Å². The molecule has 7 heavy (non-hydrogen) atoms. The first-order valence-electron chi connectivity index (χ1n) is 2.07. The van der Waals surface area contributed by atoms with Crippen LogP contribution in [-0.2, 0) is 4.79 Å². The van der Waals surface area contributed by atoms with Crippen molar-refractivity contribution in [2.24, 2.45) is 4.99 Å². The molecular weight excluding hydrogens is 92.1 g/mol. The number of hydrogen-bond acceptors (Lipinski definition) is 2. The van der Waals surface area contributed by atoms with Crippen LogP contribution in [0.15, 0.2) is 4.99 Å². The van der Waals surface area contributed by atoms with Crippen LogP contribution in [0.25, 0.3) is 0 Å². The molecule has 1 aliphatic heterocycles. The van der Waals surface area contributed by atoms with Gasteiger partial charge in [-0.1, -0.05) is 0 Å². The third-order valence-corrected chi connectivity index (χ3v) is 0.779. The van der Waals surface area contributed by atoms with Crippen LogP contribution < -0.4 is 0 Å². The van der Waals surface area contributed by atoms with Crippen LogP contribution in [0.4, 0.5) is 0 Å². The van der Waals surface area contributed by atoms with E-state index in [1.807, 2.05) is 0 Å². The molecule has 1 rings (SSSR count). The summed E-state index contributed by atoms with van der Waals surface area (Å²) in [5.74, 6) is 0. The number of hydrogen-bond donors (Lipinski definition) is 0. The van der Waals surface area contributed by atoms with Crippen LogP contribution in [0, 0.1) is 0 Å². The molecule has 0 aromatic rings. The molecule has 0 saturated heterocycles. The summed E-state index contributed by atoms with van der Waals surface area (Å²) in [6.07, 6.45) is 3.22. The van der Waals surface area contributed by atoms with Gasteiger partial charge in [0.25, 0.3) is 0 Å². The Balaban J connectivity index is 2.42. The first kappa shape index (κ1) is 4.30. The Bertz CT molecular complexity index is 99.9. The van der Waals surface area contributed by atoms with Gasteiger partial charge in [0, 0.05) is 6.54 Å². The second kappa shape index (κ2) is 1.73. The monoisotopic (exact) mass is 97.0 g/mol. The Labute approximate surface area is 41.6 Å². The molecule has 0 unspecified atom stereocenters. The zero-order valence-electron chi connectivity index (χ0n) is 3.79.